The van der Waals surface area contributed by atoms with E-state index in [0.29, 0.717) is 11.5 Å². The molecule has 1 N–H and O–H groups in total. The summed E-state index contributed by atoms with van der Waals surface area (Å²) in [5.41, 5.74) is -0.111. The number of hydrogen-bond acceptors (Lipinski definition) is 7. The number of esters is 1. The number of carbonyl (C=O) groups is 3. The molecule has 35 heavy (non-hydrogen) atoms. The van der Waals surface area contributed by atoms with Crippen molar-refractivity contribution in [3.63, 3.8) is 0 Å². The summed E-state index contributed by atoms with van der Waals surface area (Å²) in [6, 6.07) is 7.01. The van der Waals surface area contributed by atoms with Crippen LogP contribution in [0.25, 0.3) is 0 Å². The van der Waals surface area contributed by atoms with Gasteiger partial charge < -0.3 is 24.4 Å². The third kappa shape index (κ3) is 4.33. The van der Waals surface area contributed by atoms with Crippen LogP contribution in [-0.2, 0) is 22.6 Å². The van der Waals surface area contributed by atoms with Gasteiger partial charge in [0.05, 0.1) is 13.2 Å². The van der Waals surface area contributed by atoms with Gasteiger partial charge >= 0.3 is 5.97 Å². The maximum absolute atomic E-state index is 13.7. The Morgan fingerprint density at radius 3 is 2.71 bits per heavy atom. The number of nitrogens with zero attached hydrogens (tertiary/aromatic N) is 3. The Hall–Kier alpha value is -3.56. The highest BCUT2D eigenvalue weighted by Crippen LogP contribution is 2.35. The van der Waals surface area contributed by atoms with Crippen molar-refractivity contribution in [1.82, 2.24) is 20.0 Å². The number of fused-ring (bicyclic) bond motifs is 2. The normalized spacial score (nSPS) is 21.5. The SMILES string of the molecule is CCOC(=O)c1cc2n(n1)CC(C)(C(=O)NC1CCCCC1)N(Cc1ccc3c(c1)OCO3)C2=O. The van der Waals surface area contributed by atoms with Gasteiger partial charge in [-0.1, -0.05) is 25.3 Å². The van der Waals surface area contributed by atoms with Gasteiger partial charge in [0.2, 0.25) is 12.7 Å². The van der Waals surface area contributed by atoms with Crippen molar-refractivity contribution < 1.29 is 28.6 Å². The molecule has 10 nitrogen and oxygen atoms in total. The number of rotatable bonds is 6. The van der Waals surface area contributed by atoms with Crippen molar-refractivity contribution in [2.45, 2.75) is 70.6 Å². The Kier molecular flexibility index (Phi) is 6.12. The maximum atomic E-state index is 13.7. The van der Waals surface area contributed by atoms with E-state index in [1.54, 1.807) is 24.8 Å². The first-order chi connectivity index (χ1) is 16.9. The van der Waals surface area contributed by atoms with Crippen LogP contribution in [0.4, 0.5) is 0 Å². The molecule has 2 aromatic rings. The lowest BCUT2D eigenvalue weighted by atomic mass is 9.91. The van der Waals surface area contributed by atoms with Crippen LogP contribution in [0.1, 0.15) is 72.5 Å². The van der Waals surface area contributed by atoms with Gasteiger partial charge in [0.1, 0.15) is 11.2 Å². The Balaban J connectivity index is 1.48. The number of hydrogen-bond donors (Lipinski definition) is 1. The standard InChI is InChI=1S/C25H30N4O6/c1-3-33-23(31)18-12-19-22(30)28(13-16-9-10-20-21(11-16)35-15-34-20)25(2,14-29(19)27-18)24(32)26-17-7-5-4-6-8-17/h9-12,17H,3-8,13-15H2,1-2H3,(H,26,32). The Morgan fingerprint density at radius 2 is 1.94 bits per heavy atom. The molecule has 3 heterocycles. The molecule has 0 bridgehead atoms. The van der Waals surface area contributed by atoms with Crippen LogP contribution < -0.4 is 14.8 Å². The molecule has 10 heteroatoms. The lowest BCUT2D eigenvalue weighted by molar-refractivity contribution is -0.134. The minimum Gasteiger partial charge on any atom is -0.461 e. The molecule has 1 aromatic heterocycles. The first-order valence-electron chi connectivity index (χ1n) is 12.2. The summed E-state index contributed by atoms with van der Waals surface area (Å²) >= 11 is 0. The van der Waals surface area contributed by atoms with Gasteiger partial charge in [0.25, 0.3) is 5.91 Å². The molecule has 1 atom stereocenters. The summed E-state index contributed by atoms with van der Waals surface area (Å²) in [5, 5.41) is 7.49. The van der Waals surface area contributed by atoms with Gasteiger partial charge in [-0.2, -0.15) is 5.10 Å². The van der Waals surface area contributed by atoms with Crippen molar-refractivity contribution in [1.29, 1.82) is 0 Å². The molecular formula is C25H30N4O6. The van der Waals surface area contributed by atoms with Gasteiger partial charge in [-0.05, 0) is 44.4 Å². The molecule has 3 aliphatic rings. The molecule has 2 amide bonds. The zero-order valence-corrected chi connectivity index (χ0v) is 20.0. The molecule has 1 aliphatic carbocycles. The molecule has 0 radical (unpaired) electrons. The van der Waals surface area contributed by atoms with Crippen LogP contribution in [0.5, 0.6) is 11.5 Å². The summed E-state index contributed by atoms with van der Waals surface area (Å²) in [4.78, 5) is 41.3. The first-order valence-corrected chi connectivity index (χ1v) is 12.2. The Morgan fingerprint density at radius 1 is 1.17 bits per heavy atom. The lowest BCUT2D eigenvalue weighted by Crippen LogP contribution is -2.64. The molecule has 1 saturated carbocycles. The summed E-state index contributed by atoms with van der Waals surface area (Å²) in [6.45, 7) is 4.12. The zero-order chi connectivity index (χ0) is 24.6. The third-order valence-electron chi connectivity index (χ3n) is 6.99. The predicted octanol–water partition coefficient (Wildman–Crippen LogP) is 2.65. The summed E-state index contributed by atoms with van der Waals surface area (Å²) in [6.07, 6.45) is 5.18. The molecule has 1 fully saturated rings. The van der Waals surface area contributed by atoms with E-state index < -0.39 is 11.5 Å². The van der Waals surface area contributed by atoms with Crippen molar-refractivity contribution >= 4 is 17.8 Å². The Bertz CT molecular complexity index is 1150. The van der Waals surface area contributed by atoms with Crippen molar-refractivity contribution in [2.24, 2.45) is 0 Å². The van der Waals surface area contributed by atoms with Crippen LogP contribution in [0, 0.1) is 0 Å². The molecule has 5 rings (SSSR count). The average molecular weight is 483 g/mol. The van der Waals surface area contributed by atoms with E-state index in [2.05, 4.69) is 10.4 Å². The largest absolute Gasteiger partial charge is 0.461 e. The van der Waals surface area contributed by atoms with E-state index in [1.807, 2.05) is 12.1 Å². The third-order valence-corrected chi connectivity index (χ3v) is 6.99. The second-order valence-electron chi connectivity index (χ2n) is 9.45. The molecule has 1 aromatic carbocycles. The van der Waals surface area contributed by atoms with Crippen LogP contribution in [0.3, 0.4) is 0 Å². The van der Waals surface area contributed by atoms with E-state index in [0.717, 1.165) is 31.2 Å². The van der Waals surface area contributed by atoms with E-state index in [9.17, 15) is 14.4 Å². The second-order valence-corrected chi connectivity index (χ2v) is 9.45. The van der Waals surface area contributed by atoms with E-state index in [1.165, 1.54) is 17.2 Å². The highest BCUT2D eigenvalue weighted by molar-refractivity contribution is 6.01. The van der Waals surface area contributed by atoms with Crippen LogP contribution in [0.15, 0.2) is 24.3 Å². The average Bonchev–Trinajstić information content (AvgIpc) is 3.49. The van der Waals surface area contributed by atoms with Crippen molar-refractivity contribution in [3.8, 4) is 11.5 Å². The number of amides is 2. The maximum Gasteiger partial charge on any atom is 0.358 e. The number of nitrogens with one attached hydrogen (secondary N) is 1. The smallest absolute Gasteiger partial charge is 0.358 e. The van der Waals surface area contributed by atoms with Gasteiger partial charge in [-0.15, -0.1) is 0 Å². The minimum atomic E-state index is -1.21. The lowest BCUT2D eigenvalue weighted by Gasteiger charge is -2.44. The fraction of sp³-hybridized carbons (Fsp3) is 0.520. The number of carbonyl (C=O) groups excluding carboxylic acids is 3. The highest BCUT2D eigenvalue weighted by atomic mass is 16.7. The molecule has 0 saturated heterocycles. The summed E-state index contributed by atoms with van der Waals surface area (Å²) in [5.74, 6) is 0.0529. The predicted molar refractivity (Wildman–Crippen MR) is 124 cm³/mol. The van der Waals surface area contributed by atoms with Gasteiger partial charge in [-0.3, -0.25) is 14.3 Å². The molecule has 2 aliphatic heterocycles. The van der Waals surface area contributed by atoms with Gasteiger partial charge in [0.15, 0.2) is 17.2 Å². The fourth-order valence-electron chi connectivity index (χ4n) is 5.00. The number of ether oxygens (including phenoxy) is 3. The molecule has 186 valence electrons. The fourth-order valence-corrected chi connectivity index (χ4v) is 5.00. The zero-order valence-electron chi connectivity index (χ0n) is 20.0. The minimum absolute atomic E-state index is 0.0511. The van der Waals surface area contributed by atoms with E-state index in [-0.39, 0.29) is 55.7 Å². The second kappa shape index (κ2) is 9.24. The van der Waals surface area contributed by atoms with E-state index >= 15 is 0 Å². The highest BCUT2D eigenvalue weighted by Gasteiger charge is 2.48. The topological polar surface area (TPSA) is 112 Å². The Labute approximate surface area is 203 Å². The van der Waals surface area contributed by atoms with Crippen LogP contribution in [0.2, 0.25) is 0 Å². The van der Waals surface area contributed by atoms with Gasteiger partial charge in [0, 0.05) is 18.7 Å². The molecule has 1 unspecified atom stereocenters. The molecular weight excluding hydrogens is 452 g/mol. The monoisotopic (exact) mass is 482 g/mol. The van der Waals surface area contributed by atoms with Crippen molar-refractivity contribution in [3.05, 3.63) is 41.2 Å². The first kappa shape index (κ1) is 23.2. The summed E-state index contributed by atoms with van der Waals surface area (Å²) in [7, 11) is 0. The number of aromatic nitrogens is 2. The van der Waals surface area contributed by atoms with Crippen LogP contribution >= 0.6 is 0 Å². The summed E-state index contributed by atoms with van der Waals surface area (Å²) < 4.78 is 17.4. The quantitative estimate of drug-likeness (QED) is 0.630. The molecule has 0 spiro atoms. The van der Waals surface area contributed by atoms with Gasteiger partial charge in [-0.25, -0.2) is 4.79 Å². The van der Waals surface area contributed by atoms with E-state index in [4.69, 9.17) is 14.2 Å². The van der Waals surface area contributed by atoms with Crippen LogP contribution in [-0.4, -0.2) is 57.4 Å². The van der Waals surface area contributed by atoms with Crippen molar-refractivity contribution in [2.75, 3.05) is 13.4 Å². The number of benzene rings is 1.